The summed E-state index contributed by atoms with van der Waals surface area (Å²) in [5, 5.41) is 6.21. The Kier molecular flexibility index (Phi) is 5.24. The minimum atomic E-state index is 0.0621. The number of para-hydroxylation sites is 1. The highest BCUT2D eigenvalue weighted by Gasteiger charge is 2.17. The van der Waals surface area contributed by atoms with Crippen LogP contribution in [0.4, 0.5) is 0 Å². The number of carbonyl (C=O) groups excluding carboxylic acids is 1. The zero-order valence-electron chi connectivity index (χ0n) is 12.1. The van der Waals surface area contributed by atoms with E-state index in [9.17, 15) is 4.79 Å². The van der Waals surface area contributed by atoms with Crippen molar-refractivity contribution in [3.05, 3.63) is 23.8 Å². The van der Waals surface area contributed by atoms with Gasteiger partial charge in [0.1, 0.15) is 0 Å². The lowest BCUT2D eigenvalue weighted by atomic mass is 10.2. The van der Waals surface area contributed by atoms with Gasteiger partial charge in [0, 0.05) is 24.6 Å². The van der Waals surface area contributed by atoms with Crippen molar-refractivity contribution in [2.75, 3.05) is 13.3 Å². The third kappa shape index (κ3) is 4.13. The lowest BCUT2D eigenvalue weighted by Gasteiger charge is -2.09. The van der Waals surface area contributed by atoms with Gasteiger partial charge < -0.3 is 20.1 Å². The van der Waals surface area contributed by atoms with Gasteiger partial charge in [-0.2, -0.15) is 0 Å². The Hall–Kier alpha value is -1.75. The average Bonchev–Trinajstić information content (AvgIpc) is 2.90. The molecule has 1 aromatic rings. The van der Waals surface area contributed by atoms with Gasteiger partial charge in [-0.05, 0) is 19.0 Å². The molecule has 5 nitrogen and oxygen atoms in total. The van der Waals surface area contributed by atoms with Crippen molar-refractivity contribution in [2.45, 2.75) is 39.3 Å². The fraction of sp³-hybridized carbons (Fsp3) is 0.533. The van der Waals surface area contributed by atoms with Crippen LogP contribution in [0, 0.1) is 0 Å². The van der Waals surface area contributed by atoms with Crippen molar-refractivity contribution in [1.82, 2.24) is 10.6 Å². The molecule has 0 bridgehead atoms. The number of amides is 1. The molecule has 1 aromatic carbocycles. The van der Waals surface area contributed by atoms with E-state index >= 15 is 0 Å². The fourth-order valence-corrected chi connectivity index (χ4v) is 2.05. The van der Waals surface area contributed by atoms with Gasteiger partial charge in [-0.3, -0.25) is 4.79 Å². The quantitative estimate of drug-likeness (QED) is 0.747. The molecule has 5 heteroatoms. The minimum absolute atomic E-state index is 0.0621. The van der Waals surface area contributed by atoms with Gasteiger partial charge >= 0.3 is 0 Å². The van der Waals surface area contributed by atoms with Gasteiger partial charge in [-0.15, -0.1) is 0 Å². The molecular formula is C15H22N2O3. The summed E-state index contributed by atoms with van der Waals surface area (Å²) in [5.74, 6) is 1.55. The van der Waals surface area contributed by atoms with Crippen LogP contribution in [-0.4, -0.2) is 25.3 Å². The summed E-state index contributed by atoms with van der Waals surface area (Å²) < 4.78 is 10.7. The molecule has 20 heavy (non-hydrogen) atoms. The number of hydrogen-bond acceptors (Lipinski definition) is 4. The predicted octanol–water partition coefficient (Wildman–Crippen LogP) is 1.81. The summed E-state index contributed by atoms with van der Waals surface area (Å²) in [5.41, 5.74) is 0.952. The summed E-state index contributed by atoms with van der Waals surface area (Å²) in [6.07, 6.45) is 1.38. The third-order valence-corrected chi connectivity index (χ3v) is 3.09. The van der Waals surface area contributed by atoms with Crippen molar-refractivity contribution >= 4 is 5.91 Å². The number of carbonyl (C=O) groups is 1. The highest BCUT2D eigenvalue weighted by molar-refractivity contribution is 5.76. The van der Waals surface area contributed by atoms with Gasteiger partial charge in [-0.1, -0.05) is 26.0 Å². The SMILES string of the molecule is CC(C)NCCCC(=O)NCc1cccc2c1OCO2. The number of benzene rings is 1. The maximum Gasteiger partial charge on any atom is 0.231 e. The standard InChI is InChI=1S/C15H22N2O3/c1-11(2)16-8-4-7-14(18)17-9-12-5-3-6-13-15(12)20-10-19-13/h3,5-6,11,16H,4,7-10H2,1-2H3,(H,17,18). The first-order valence-corrected chi connectivity index (χ1v) is 7.04. The molecule has 0 saturated heterocycles. The molecule has 110 valence electrons. The first kappa shape index (κ1) is 14.7. The largest absolute Gasteiger partial charge is 0.454 e. The molecule has 1 aliphatic heterocycles. The molecule has 0 fully saturated rings. The normalized spacial score (nSPS) is 12.8. The molecule has 0 unspecified atom stereocenters. The molecule has 1 aliphatic rings. The molecule has 1 amide bonds. The molecule has 0 atom stereocenters. The van der Waals surface area contributed by atoms with Crippen LogP contribution in [0.3, 0.4) is 0 Å². The van der Waals surface area contributed by atoms with Crippen molar-refractivity contribution < 1.29 is 14.3 Å². The van der Waals surface area contributed by atoms with E-state index in [0.29, 0.717) is 19.0 Å². The van der Waals surface area contributed by atoms with Gasteiger partial charge in [-0.25, -0.2) is 0 Å². The van der Waals surface area contributed by atoms with Crippen LogP contribution in [0.5, 0.6) is 11.5 Å². The van der Waals surface area contributed by atoms with Crippen molar-refractivity contribution in [3.8, 4) is 11.5 Å². The van der Waals surface area contributed by atoms with E-state index in [2.05, 4.69) is 24.5 Å². The van der Waals surface area contributed by atoms with Crippen LogP contribution in [0.15, 0.2) is 18.2 Å². The van der Waals surface area contributed by atoms with E-state index < -0.39 is 0 Å². The van der Waals surface area contributed by atoms with Crippen LogP contribution in [0.2, 0.25) is 0 Å². The monoisotopic (exact) mass is 278 g/mol. The first-order chi connectivity index (χ1) is 9.66. The predicted molar refractivity (Wildman–Crippen MR) is 76.8 cm³/mol. The number of rotatable bonds is 7. The molecule has 2 rings (SSSR count). The third-order valence-electron chi connectivity index (χ3n) is 3.09. The van der Waals surface area contributed by atoms with E-state index in [1.165, 1.54) is 0 Å². The van der Waals surface area contributed by atoms with E-state index in [-0.39, 0.29) is 12.7 Å². The van der Waals surface area contributed by atoms with Crippen LogP contribution in [-0.2, 0) is 11.3 Å². The Morgan fingerprint density at radius 2 is 2.20 bits per heavy atom. The zero-order chi connectivity index (χ0) is 14.4. The van der Waals surface area contributed by atoms with Gasteiger partial charge in [0.15, 0.2) is 11.5 Å². The number of fused-ring (bicyclic) bond motifs is 1. The summed E-state index contributed by atoms with van der Waals surface area (Å²) in [6.45, 7) is 5.78. The van der Waals surface area contributed by atoms with Crippen molar-refractivity contribution in [3.63, 3.8) is 0 Å². The van der Waals surface area contributed by atoms with Gasteiger partial charge in [0.05, 0.1) is 0 Å². The second kappa shape index (κ2) is 7.14. The van der Waals surface area contributed by atoms with E-state index in [4.69, 9.17) is 9.47 Å². The summed E-state index contributed by atoms with van der Waals surface area (Å²) in [6, 6.07) is 6.17. The fourth-order valence-electron chi connectivity index (χ4n) is 2.05. The molecule has 0 radical (unpaired) electrons. The summed E-state index contributed by atoms with van der Waals surface area (Å²) in [4.78, 5) is 11.8. The van der Waals surface area contributed by atoms with E-state index in [0.717, 1.165) is 30.0 Å². The molecule has 0 saturated carbocycles. The molecule has 0 aliphatic carbocycles. The number of ether oxygens (including phenoxy) is 2. The lowest BCUT2D eigenvalue weighted by Crippen LogP contribution is -2.27. The first-order valence-electron chi connectivity index (χ1n) is 7.04. The molecule has 0 aromatic heterocycles. The average molecular weight is 278 g/mol. The van der Waals surface area contributed by atoms with Crippen LogP contribution in [0.25, 0.3) is 0 Å². The van der Waals surface area contributed by atoms with Crippen molar-refractivity contribution in [2.24, 2.45) is 0 Å². The molecule has 2 N–H and O–H groups in total. The van der Waals surface area contributed by atoms with Crippen molar-refractivity contribution in [1.29, 1.82) is 0 Å². The van der Waals surface area contributed by atoms with Crippen LogP contribution >= 0.6 is 0 Å². The Morgan fingerprint density at radius 1 is 1.35 bits per heavy atom. The maximum atomic E-state index is 11.8. The summed E-state index contributed by atoms with van der Waals surface area (Å²) in [7, 11) is 0. The van der Waals surface area contributed by atoms with E-state index in [1.807, 2.05) is 18.2 Å². The lowest BCUT2D eigenvalue weighted by molar-refractivity contribution is -0.121. The van der Waals surface area contributed by atoms with Crippen LogP contribution < -0.4 is 20.1 Å². The molecular weight excluding hydrogens is 256 g/mol. The maximum absolute atomic E-state index is 11.8. The Labute approximate surface area is 119 Å². The number of nitrogens with one attached hydrogen (secondary N) is 2. The zero-order valence-corrected chi connectivity index (χ0v) is 12.1. The van der Waals surface area contributed by atoms with Gasteiger partial charge in [0.2, 0.25) is 12.7 Å². The van der Waals surface area contributed by atoms with E-state index in [1.54, 1.807) is 0 Å². The highest BCUT2D eigenvalue weighted by Crippen LogP contribution is 2.35. The second-order valence-electron chi connectivity index (χ2n) is 5.14. The topological polar surface area (TPSA) is 59.6 Å². The smallest absolute Gasteiger partial charge is 0.231 e. The number of hydrogen-bond donors (Lipinski definition) is 2. The Balaban J connectivity index is 1.73. The van der Waals surface area contributed by atoms with Gasteiger partial charge in [0.25, 0.3) is 0 Å². The van der Waals surface area contributed by atoms with Crippen LogP contribution in [0.1, 0.15) is 32.3 Å². The Bertz CT molecular complexity index is 460. The Morgan fingerprint density at radius 3 is 3.00 bits per heavy atom. The molecule has 1 heterocycles. The molecule has 0 spiro atoms. The highest BCUT2D eigenvalue weighted by atomic mass is 16.7. The minimum Gasteiger partial charge on any atom is -0.454 e. The summed E-state index contributed by atoms with van der Waals surface area (Å²) >= 11 is 0. The second-order valence-corrected chi connectivity index (χ2v) is 5.14.